The SMILES string of the molecule is CCNC[C@H](C)Oc1cc(C)ccn1. The number of pyridine rings is 1. The first-order chi connectivity index (χ1) is 6.72. The van der Waals surface area contributed by atoms with Crippen LogP contribution in [0.2, 0.25) is 0 Å². The van der Waals surface area contributed by atoms with E-state index in [9.17, 15) is 0 Å². The number of hydrogen-bond donors (Lipinski definition) is 1. The Labute approximate surface area is 85.5 Å². The summed E-state index contributed by atoms with van der Waals surface area (Å²) in [6.45, 7) is 7.97. The Morgan fingerprint density at radius 3 is 3.00 bits per heavy atom. The summed E-state index contributed by atoms with van der Waals surface area (Å²) in [5, 5.41) is 3.23. The van der Waals surface area contributed by atoms with E-state index in [0.717, 1.165) is 13.1 Å². The van der Waals surface area contributed by atoms with Gasteiger partial charge in [0.2, 0.25) is 5.88 Å². The van der Waals surface area contributed by atoms with Gasteiger partial charge in [-0.1, -0.05) is 6.92 Å². The van der Waals surface area contributed by atoms with E-state index in [0.29, 0.717) is 5.88 Å². The monoisotopic (exact) mass is 194 g/mol. The van der Waals surface area contributed by atoms with E-state index in [1.54, 1.807) is 6.20 Å². The second kappa shape index (κ2) is 5.60. The van der Waals surface area contributed by atoms with Crippen LogP contribution in [0, 0.1) is 6.92 Å². The molecule has 0 unspecified atom stereocenters. The Bertz CT molecular complexity index is 276. The van der Waals surface area contributed by atoms with Gasteiger partial charge >= 0.3 is 0 Å². The molecule has 1 rings (SSSR count). The molecular formula is C11H18N2O. The van der Waals surface area contributed by atoms with Crippen LogP contribution in [-0.2, 0) is 0 Å². The minimum Gasteiger partial charge on any atom is -0.473 e. The first kappa shape index (κ1) is 11.0. The Morgan fingerprint density at radius 1 is 1.57 bits per heavy atom. The lowest BCUT2D eigenvalue weighted by Gasteiger charge is -2.13. The van der Waals surface area contributed by atoms with E-state index in [-0.39, 0.29) is 6.10 Å². The van der Waals surface area contributed by atoms with Crippen molar-refractivity contribution in [3.05, 3.63) is 23.9 Å². The molecule has 78 valence electrons. The van der Waals surface area contributed by atoms with Crippen LogP contribution in [0.25, 0.3) is 0 Å². The van der Waals surface area contributed by atoms with Gasteiger partial charge in [0.1, 0.15) is 6.10 Å². The standard InChI is InChI=1S/C11H18N2O/c1-4-12-8-10(3)14-11-7-9(2)5-6-13-11/h5-7,10,12H,4,8H2,1-3H3/t10-/m0/s1. The van der Waals surface area contributed by atoms with Gasteiger partial charge in [-0.2, -0.15) is 0 Å². The van der Waals surface area contributed by atoms with Crippen molar-refractivity contribution in [2.24, 2.45) is 0 Å². The van der Waals surface area contributed by atoms with Gasteiger partial charge < -0.3 is 10.1 Å². The normalized spacial score (nSPS) is 12.5. The summed E-state index contributed by atoms with van der Waals surface area (Å²) >= 11 is 0. The van der Waals surface area contributed by atoms with E-state index in [2.05, 4.69) is 17.2 Å². The van der Waals surface area contributed by atoms with Crippen molar-refractivity contribution in [1.82, 2.24) is 10.3 Å². The second-order valence-corrected chi connectivity index (χ2v) is 3.41. The number of aryl methyl sites for hydroxylation is 1. The highest BCUT2D eigenvalue weighted by Crippen LogP contribution is 2.09. The quantitative estimate of drug-likeness (QED) is 0.775. The lowest BCUT2D eigenvalue weighted by molar-refractivity contribution is 0.209. The van der Waals surface area contributed by atoms with Crippen LogP contribution in [0.4, 0.5) is 0 Å². The van der Waals surface area contributed by atoms with E-state index < -0.39 is 0 Å². The molecule has 1 atom stereocenters. The van der Waals surface area contributed by atoms with Crippen molar-refractivity contribution < 1.29 is 4.74 Å². The smallest absolute Gasteiger partial charge is 0.213 e. The molecule has 0 amide bonds. The third-order valence-electron chi connectivity index (χ3n) is 1.89. The minimum absolute atomic E-state index is 0.157. The molecule has 1 aromatic heterocycles. The molecule has 0 spiro atoms. The van der Waals surface area contributed by atoms with Gasteiger partial charge in [-0.05, 0) is 32.0 Å². The predicted molar refractivity (Wildman–Crippen MR) is 57.6 cm³/mol. The van der Waals surface area contributed by atoms with Crippen molar-refractivity contribution >= 4 is 0 Å². The van der Waals surface area contributed by atoms with E-state index in [4.69, 9.17) is 4.74 Å². The Morgan fingerprint density at radius 2 is 2.36 bits per heavy atom. The molecule has 0 aliphatic rings. The Kier molecular flexibility index (Phi) is 4.40. The van der Waals surface area contributed by atoms with Gasteiger partial charge in [0.25, 0.3) is 0 Å². The molecule has 0 aliphatic heterocycles. The summed E-state index contributed by atoms with van der Waals surface area (Å²) in [6.07, 6.45) is 1.93. The molecule has 0 aliphatic carbocycles. The third kappa shape index (κ3) is 3.75. The molecule has 1 aromatic rings. The van der Waals surface area contributed by atoms with Crippen LogP contribution in [0.3, 0.4) is 0 Å². The molecule has 3 nitrogen and oxygen atoms in total. The zero-order valence-corrected chi connectivity index (χ0v) is 9.08. The van der Waals surface area contributed by atoms with Crippen molar-refractivity contribution in [2.45, 2.75) is 26.9 Å². The topological polar surface area (TPSA) is 34.1 Å². The minimum atomic E-state index is 0.157. The van der Waals surface area contributed by atoms with Gasteiger partial charge in [-0.25, -0.2) is 4.98 Å². The van der Waals surface area contributed by atoms with Crippen LogP contribution in [0.15, 0.2) is 18.3 Å². The van der Waals surface area contributed by atoms with Crippen molar-refractivity contribution in [3.8, 4) is 5.88 Å². The molecule has 0 saturated carbocycles. The molecule has 0 radical (unpaired) electrons. The largest absolute Gasteiger partial charge is 0.473 e. The van der Waals surface area contributed by atoms with Gasteiger partial charge in [0.15, 0.2) is 0 Å². The van der Waals surface area contributed by atoms with Crippen molar-refractivity contribution in [3.63, 3.8) is 0 Å². The molecule has 3 heteroatoms. The Balaban J connectivity index is 2.43. The number of rotatable bonds is 5. The summed E-state index contributed by atoms with van der Waals surface area (Å²) in [7, 11) is 0. The maximum Gasteiger partial charge on any atom is 0.213 e. The average molecular weight is 194 g/mol. The average Bonchev–Trinajstić information content (AvgIpc) is 2.15. The summed E-state index contributed by atoms with van der Waals surface area (Å²) in [6, 6.07) is 3.91. The Hall–Kier alpha value is -1.09. The number of nitrogens with zero attached hydrogens (tertiary/aromatic N) is 1. The fourth-order valence-electron chi connectivity index (χ4n) is 1.17. The van der Waals surface area contributed by atoms with Crippen LogP contribution in [0.5, 0.6) is 5.88 Å². The molecule has 1 N–H and O–H groups in total. The predicted octanol–water partition coefficient (Wildman–Crippen LogP) is 1.77. The summed E-state index contributed by atoms with van der Waals surface area (Å²) in [5.74, 6) is 0.704. The maximum atomic E-state index is 5.62. The molecule has 0 aromatic carbocycles. The van der Waals surface area contributed by atoms with Gasteiger partial charge in [0.05, 0.1) is 0 Å². The molecule has 0 bridgehead atoms. The van der Waals surface area contributed by atoms with Gasteiger partial charge in [0, 0.05) is 18.8 Å². The number of aromatic nitrogens is 1. The van der Waals surface area contributed by atoms with E-state index in [1.165, 1.54) is 5.56 Å². The number of hydrogen-bond acceptors (Lipinski definition) is 3. The van der Waals surface area contributed by atoms with Gasteiger partial charge in [-0.3, -0.25) is 0 Å². The molecular weight excluding hydrogens is 176 g/mol. The molecule has 0 saturated heterocycles. The highest BCUT2D eigenvalue weighted by atomic mass is 16.5. The number of nitrogens with one attached hydrogen (secondary N) is 1. The third-order valence-corrected chi connectivity index (χ3v) is 1.89. The first-order valence-electron chi connectivity index (χ1n) is 5.02. The van der Waals surface area contributed by atoms with E-state index >= 15 is 0 Å². The molecule has 14 heavy (non-hydrogen) atoms. The first-order valence-corrected chi connectivity index (χ1v) is 5.02. The van der Waals surface area contributed by atoms with Gasteiger partial charge in [-0.15, -0.1) is 0 Å². The molecule has 0 fully saturated rings. The fourth-order valence-corrected chi connectivity index (χ4v) is 1.17. The zero-order valence-electron chi connectivity index (χ0n) is 9.08. The summed E-state index contributed by atoms with van der Waals surface area (Å²) < 4.78 is 5.62. The van der Waals surface area contributed by atoms with E-state index in [1.807, 2.05) is 26.0 Å². The van der Waals surface area contributed by atoms with Crippen LogP contribution < -0.4 is 10.1 Å². The number of likely N-dealkylation sites (N-methyl/N-ethyl adjacent to an activating group) is 1. The number of ether oxygens (including phenoxy) is 1. The van der Waals surface area contributed by atoms with Crippen LogP contribution in [0.1, 0.15) is 19.4 Å². The van der Waals surface area contributed by atoms with Crippen molar-refractivity contribution in [2.75, 3.05) is 13.1 Å². The maximum absolute atomic E-state index is 5.62. The van der Waals surface area contributed by atoms with Crippen molar-refractivity contribution in [1.29, 1.82) is 0 Å². The summed E-state index contributed by atoms with van der Waals surface area (Å²) in [5.41, 5.74) is 1.17. The van der Waals surface area contributed by atoms with Crippen LogP contribution >= 0.6 is 0 Å². The lowest BCUT2D eigenvalue weighted by Crippen LogP contribution is -2.28. The highest BCUT2D eigenvalue weighted by molar-refractivity contribution is 5.18. The second-order valence-electron chi connectivity index (χ2n) is 3.41. The fraction of sp³-hybridized carbons (Fsp3) is 0.545. The lowest BCUT2D eigenvalue weighted by atomic mass is 10.3. The van der Waals surface area contributed by atoms with Crippen LogP contribution in [-0.4, -0.2) is 24.2 Å². The summed E-state index contributed by atoms with van der Waals surface area (Å²) in [4.78, 5) is 4.14. The molecule has 1 heterocycles. The highest BCUT2D eigenvalue weighted by Gasteiger charge is 2.03. The zero-order chi connectivity index (χ0) is 10.4.